The summed E-state index contributed by atoms with van der Waals surface area (Å²) in [4.78, 5) is 10.4. The Morgan fingerprint density at radius 2 is 2.12 bits per heavy atom. The van der Waals surface area contributed by atoms with E-state index in [-0.39, 0.29) is 17.0 Å². The molecule has 2 N–H and O–H groups in total. The van der Waals surface area contributed by atoms with E-state index in [2.05, 4.69) is 0 Å². The van der Waals surface area contributed by atoms with Crippen molar-refractivity contribution in [2.45, 2.75) is 25.3 Å². The second kappa shape index (κ2) is 3.45. The minimum absolute atomic E-state index is 0.00648. The molecule has 0 atom stereocenters. The molecule has 1 saturated carbocycles. The molecule has 0 saturated heterocycles. The molecule has 0 spiro atoms. The van der Waals surface area contributed by atoms with Crippen molar-refractivity contribution in [3.8, 4) is 5.75 Å². The van der Waals surface area contributed by atoms with E-state index in [0.717, 1.165) is 24.0 Å². The zero-order valence-corrected chi connectivity index (χ0v) is 9.32. The summed E-state index contributed by atoms with van der Waals surface area (Å²) in [5, 5.41) is 10.8. The number of ether oxygens (including phenoxy) is 1. The zero-order valence-electron chi connectivity index (χ0n) is 9.32. The van der Waals surface area contributed by atoms with E-state index in [1.165, 1.54) is 13.2 Å². The SMILES string of the molecule is COc1cc(C2(N)CC2)c(C)cc1[N+](=O)[O-]. The lowest BCUT2D eigenvalue weighted by molar-refractivity contribution is -0.385. The number of benzene rings is 1. The van der Waals surface area contributed by atoms with Crippen molar-refractivity contribution in [1.82, 2.24) is 0 Å². The maximum atomic E-state index is 10.8. The predicted molar refractivity (Wildman–Crippen MR) is 59.5 cm³/mol. The molecular formula is C11H14N2O3. The minimum Gasteiger partial charge on any atom is -0.490 e. The lowest BCUT2D eigenvalue weighted by Crippen LogP contribution is -2.20. The van der Waals surface area contributed by atoms with Crippen LogP contribution in [0.25, 0.3) is 0 Å². The Kier molecular flexibility index (Phi) is 2.35. The summed E-state index contributed by atoms with van der Waals surface area (Å²) in [6, 6.07) is 3.22. The molecule has 5 nitrogen and oxygen atoms in total. The van der Waals surface area contributed by atoms with E-state index >= 15 is 0 Å². The maximum Gasteiger partial charge on any atom is 0.311 e. The van der Waals surface area contributed by atoms with Gasteiger partial charge in [-0.15, -0.1) is 0 Å². The number of hydrogen-bond donors (Lipinski definition) is 1. The Labute approximate surface area is 93.4 Å². The molecule has 1 fully saturated rings. The number of nitrogens with two attached hydrogens (primary N) is 1. The molecule has 0 radical (unpaired) electrons. The first-order chi connectivity index (χ1) is 7.48. The van der Waals surface area contributed by atoms with Gasteiger partial charge in [-0.1, -0.05) is 0 Å². The van der Waals surface area contributed by atoms with Crippen LogP contribution in [0, 0.1) is 17.0 Å². The van der Waals surface area contributed by atoms with Gasteiger partial charge in [-0.25, -0.2) is 0 Å². The molecule has 2 rings (SSSR count). The van der Waals surface area contributed by atoms with E-state index in [9.17, 15) is 10.1 Å². The Morgan fingerprint density at radius 1 is 1.50 bits per heavy atom. The van der Waals surface area contributed by atoms with Gasteiger partial charge in [0.25, 0.3) is 0 Å². The summed E-state index contributed by atoms with van der Waals surface area (Å²) in [6.07, 6.45) is 1.85. The van der Waals surface area contributed by atoms with Crippen molar-refractivity contribution in [1.29, 1.82) is 0 Å². The molecule has 0 bridgehead atoms. The molecule has 0 aliphatic heterocycles. The molecule has 1 aromatic carbocycles. The van der Waals surface area contributed by atoms with E-state index in [4.69, 9.17) is 10.5 Å². The molecular weight excluding hydrogens is 208 g/mol. The van der Waals surface area contributed by atoms with Gasteiger partial charge in [-0.2, -0.15) is 0 Å². The highest BCUT2D eigenvalue weighted by atomic mass is 16.6. The van der Waals surface area contributed by atoms with Crippen molar-refractivity contribution in [2.24, 2.45) is 5.73 Å². The fourth-order valence-corrected chi connectivity index (χ4v) is 1.92. The van der Waals surface area contributed by atoms with E-state index in [1.54, 1.807) is 6.07 Å². The first-order valence-corrected chi connectivity index (χ1v) is 5.10. The van der Waals surface area contributed by atoms with Crippen LogP contribution in [0.3, 0.4) is 0 Å². The highest BCUT2D eigenvalue weighted by Gasteiger charge is 2.42. The van der Waals surface area contributed by atoms with Gasteiger partial charge in [-0.05, 0) is 37.0 Å². The number of nitro benzene ring substituents is 1. The average molecular weight is 222 g/mol. The molecule has 1 aliphatic carbocycles. The van der Waals surface area contributed by atoms with E-state index < -0.39 is 4.92 Å². The third-order valence-electron chi connectivity index (χ3n) is 3.05. The van der Waals surface area contributed by atoms with Crippen LogP contribution in [0.15, 0.2) is 12.1 Å². The largest absolute Gasteiger partial charge is 0.490 e. The van der Waals surface area contributed by atoms with Crippen molar-refractivity contribution >= 4 is 5.69 Å². The second-order valence-electron chi connectivity index (χ2n) is 4.25. The molecule has 0 unspecified atom stereocenters. The lowest BCUT2D eigenvalue weighted by atomic mass is 9.99. The van der Waals surface area contributed by atoms with Crippen LogP contribution in [-0.4, -0.2) is 12.0 Å². The molecule has 5 heteroatoms. The highest BCUT2D eigenvalue weighted by Crippen LogP contribution is 2.46. The molecule has 0 heterocycles. The van der Waals surface area contributed by atoms with Crippen molar-refractivity contribution < 1.29 is 9.66 Å². The van der Waals surface area contributed by atoms with Gasteiger partial charge in [-0.3, -0.25) is 10.1 Å². The number of rotatable bonds is 3. The Bertz CT molecular complexity index is 453. The summed E-state index contributed by atoms with van der Waals surface area (Å²) in [7, 11) is 1.43. The van der Waals surface area contributed by atoms with Gasteiger partial charge < -0.3 is 10.5 Å². The van der Waals surface area contributed by atoms with Gasteiger partial charge in [0.05, 0.1) is 12.0 Å². The minimum atomic E-state index is -0.439. The van der Waals surface area contributed by atoms with Crippen molar-refractivity contribution in [3.63, 3.8) is 0 Å². The zero-order chi connectivity index (χ0) is 11.9. The quantitative estimate of drug-likeness (QED) is 0.625. The standard InChI is InChI=1S/C11H14N2O3/c1-7-5-9(13(14)15)10(16-2)6-8(7)11(12)3-4-11/h5-6H,3-4,12H2,1-2H3. The lowest BCUT2D eigenvalue weighted by Gasteiger charge is -2.14. The summed E-state index contributed by atoms with van der Waals surface area (Å²) < 4.78 is 5.03. The number of methoxy groups -OCH3 is 1. The van der Waals surface area contributed by atoms with Crippen molar-refractivity contribution in [3.05, 3.63) is 33.4 Å². The summed E-state index contributed by atoms with van der Waals surface area (Å²) in [5.74, 6) is 0.280. The Hall–Kier alpha value is -1.62. The topological polar surface area (TPSA) is 78.4 Å². The smallest absolute Gasteiger partial charge is 0.311 e. The van der Waals surface area contributed by atoms with Crippen LogP contribution in [0.4, 0.5) is 5.69 Å². The van der Waals surface area contributed by atoms with Crippen LogP contribution in [0.2, 0.25) is 0 Å². The molecule has 0 amide bonds. The fourth-order valence-electron chi connectivity index (χ4n) is 1.92. The number of nitrogens with zero attached hydrogens (tertiary/aromatic N) is 1. The van der Waals surface area contributed by atoms with Crippen LogP contribution >= 0.6 is 0 Å². The first kappa shape index (κ1) is 10.9. The van der Waals surface area contributed by atoms with Gasteiger partial charge in [0.1, 0.15) is 0 Å². The van der Waals surface area contributed by atoms with Crippen LogP contribution in [-0.2, 0) is 5.54 Å². The molecule has 1 aromatic rings. The Balaban J connectivity index is 2.54. The number of nitro groups is 1. The highest BCUT2D eigenvalue weighted by molar-refractivity contribution is 5.54. The molecule has 16 heavy (non-hydrogen) atoms. The van der Waals surface area contributed by atoms with Gasteiger partial charge in [0.2, 0.25) is 0 Å². The van der Waals surface area contributed by atoms with Crippen LogP contribution in [0.1, 0.15) is 24.0 Å². The fraction of sp³-hybridized carbons (Fsp3) is 0.455. The third-order valence-corrected chi connectivity index (χ3v) is 3.05. The van der Waals surface area contributed by atoms with Gasteiger partial charge in [0.15, 0.2) is 5.75 Å². The van der Waals surface area contributed by atoms with E-state index in [1.807, 2.05) is 6.92 Å². The summed E-state index contributed by atoms with van der Waals surface area (Å²) in [6.45, 7) is 1.84. The van der Waals surface area contributed by atoms with E-state index in [0.29, 0.717) is 0 Å². The monoisotopic (exact) mass is 222 g/mol. The van der Waals surface area contributed by atoms with Gasteiger partial charge >= 0.3 is 5.69 Å². The molecule has 0 aromatic heterocycles. The normalized spacial score (nSPS) is 16.9. The summed E-state index contributed by atoms with van der Waals surface area (Å²) >= 11 is 0. The number of hydrogen-bond acceptors (Lipinski definition) is 4. The van der Waals surface area contributed by atoms with Gasteiger partial charge in [0, 0.05) is 11.6 Å². The maximum absolute atomic E-state index is 10.8. The van der Waals surface area contributed by atoms with Crippen LogP contribution in [0.5, 0.6) is 5.75 Å². The predicted octanol–water partition coefficient (Wildman–Crippen LogP) is 1.86. The number of aryl methyl sites for hydroxylation is 1. The van der Waals surface area contributed by atoms with Crippen molar-refractivity contribution in [2.75, 3.05) is 7.11 Å². The average Bonchev–Trinajstić information content (AvgIpc) is 2.96. The third kappa shape index (κ3) is 1.63. The second-order valence-corrected chi connectivity index (χ2v) is 4.25. The molecule has 1 aliphatic rings. The first-order valence-electron chi connectivity index (χ1n) is 5.10. The summed E-state index contributed by atoms with van der Waals surface area (Å²) in [5.41, 5.74) is 7.60. The Morgan fingerprint density at radius 3 is 2.56 bits per heavy atom. The van der Waals surface area contributed by atoms with Crippen LogP contribution < -0.4 is 10.5 Å². The molecule has 86 valence electrons.